The molecule has 35 heavy (non-hydrogen) atoms. The molecule has 2 aliphatic heterocycles. The number of aliphatic hydroxyl groups is 1. The largest absolute Gasteiger partial charge is 0.497 e. The molecule has 0 saturated carbocycles. The Bertz CT molecular complexity index is 1050. The molecule has 186 valence electrons. The Balaban J connectivity index is 1.71. The third-order valence-corrected chi connectivity index (χ3v) is 6.16. The van der Waals surface area contributed by atoms with E-state index in [1.807, 2.05) is 48.5 Å². The van der Waals surface area contributed by atoms with E-state index in [1.54, 1.807) is 18.1 Å². The smallest absolute Gasteiger partial charge is 0.255 e. The van der Waals surface area contributed by atoms with Gasteiger partial charge in [0.05, 0.1) is 26.9 Å². The quantitative estimate of drug-likeness (QED) is 0.415. The lowest BCUT2D eigenvalue weighted by atomic mass is 9.83. The number of ether oxygens (including phenoxy) is 4. The molecule has 2 aliphatic rings. The predicted octanol–water partition coefficient (Wildman–Crippen LogP) is 3.15. The molecule has 2 aromatic rings. The number of hydrogen-bond donors (Lipinski definition) is 1. The maximum atomic E-state index is 14.0. The number of hydrogen-bond acceptors (Lipinski definition) is 7. The van der Waals surface area contributed by atoms with E-state index in [2.05, 4.69) is 6.58 Å². The summed E-state index contributed by atoms with van der Waals surface area (Å²) in [6.07, 6.45) is 1.95. The van der Waals surface area contributed by atoms with Crippen LogP contribution >= 0.6 is 0 Å². The number of rotatable bonds is 10. The number of aliphatic imine (C=N–C) groups is 1. The monoisotopic (exact) mass is 480 g/mol. The first-order chi connectivity index (χ1) is 17.1. The van der Waals surface area contributed by atoms with Gasteiger partial charge in [-0.2, -0.15) is 0 Å². The van der Waals surface area contributed by atoms with Crippen LogP contribution in [-0.4, -0.2) is 74.0 Å². The first-order valence-corrected chi connectivity index (χ1v) is 11.8. The van der Waals surface area contributed by atoms with Gasteiger partial charge in [-0.1, -0.05) is 18.2 Å². The molecule has 4 rings (SSSR count). The lowest BCUT2D eigenvalue weighted by Gasteiger charge is -2.36. The van der Waals surface area contributed by atoms with Crippen LogP contribution in [0.5, 0.6) is 11.5 Å². The zero-order valence-corrected chi connectivity index (χ0v) is 20.0. The summed E-state index contributed by atoms with van der Waals surface area (Å²) in [6.45, 7) is 6.44. The molecule has 2 atom stereocenters. The van der Waals surface area contributed by atoms with Crippen molar-refractivity contribution in [2.45, 2.75) is 24.5 Å². The van der Waals surface area contributed by atoms with Gasteiger partial charge in [-0.25, -0.2) is 4.99 Å². The summed E-state index contributed by atoms with van der Waals surface area (Å²) >= 11 is 0. The Hall–Kier alpha value is -3.36. The summed E-state index contributed by atoms with van der Waals surface area (Å²) in [4.78, 5) is 20.7. The Kier molecular flexibility index (Phi) is 8.05. The van der Waals surface area contributed by atoms with Crippen LogP contribution in [0.4, 0.5) is 0 Å². The fourth-order valence-corrected chi connectivity index (χ4v) is 4.36. The molecule has 0 spiro atoms. The van der Waals surface area contributed by atoms with E-state index in [0.29, 0.717) is 63.1 Å². The second kappa shape index (κ2) is 11.4. The van der Waals surface area contributed by atoms with Crippen molar-refractivity contribution in [2.75, 3.05) is 46.6 Å². The predicted molar refractivity (Wildman–Crippen MR) is 132 cm³/mol. The molecule has 2 heterocycles. The van der Waals surface area contributed by atoms with Crippen molar-refractivity contribution in [1.29, 1.82) is 0 Å². The van der Waals surface area contributed by atoms with E-state index in [9.17, 15) is 4.79 Å². The standard InChI is InChI=1S/C27H32N2O6/c1-3-12-27(26(31)29-13-17-33-18-14-29)24(21-6-4-7-23(19-21)32-2)35-25(28-27)20-8-10-22(11-9-20)34-16-5-15-30/h3-4,6-11,19,24,30H,1,5,12-18H2,2H3/t24-,27-/m1/s1. The molecule has 0 aromatic heterocycles. The maximum absolute atomic E-state index is 14.0. The summed E-state index contributed by atoms with van der Waals surface area (Å²) in [5.41, 5.74) is 0.348. The van der Waals surface area contributed by atoms with Gasteiger partial charge >= 0.3 is 0 Å². The number of methoxy groups -OCH3 is 1. The van der Waals surface area contributed by atoms with Crippen molar-refractivity contribution in [3.05, 3.63) is 72.3 Å². The average molecular weight is 481 g/mol. The number of carbonyl (C=O) groups is 1. The van der Waals surface area contributed by atoms with Gasteiger partial charge in [0.1, 0.15) is 11.5 Å². The molecule has 0 aliphatic carbocycles. The lowest BCUT2D eigenvalue weighted by molar-refractivity contribution is -0.143. The van der Waals surface area contributed by atoms with Crippen molar-refractivity contribution >= 4 is 11.8 Å². The molecule has 8 heteroatoms. The van der Waals surface area contributed by atoms with E-state index in [-0.39, 0.29) is 12.5 Å². The number of aliphatic hydroxyl groups excluding tert-OH is 1. The number of nitrogens with zero attached hydrogens (tertiary/aromatic N) is 2. The summed E-state index contributed by atoms with van der Waals surface area (Å²) in [7, 11) is 1.61. The van der Waals surface area contributed by atoms with Gasteiger partial charge in [0.2, 0.25) is 5.90 Å². The molecule has 1 amide bonds. The van der Waals surface area contributed by atoms with Crippen LogP contribution in [0.2, 0.25) is 0 Å². The third-order valence-electron chi connectivity index (χ3n) is 6.16. The second-order valence-corrected chi connectivity index (χ2v) is 8.46. The Labute approximate surface area is 205 Å². The minimum absolute atomic E-state index is 0.0803. The topological polar surface area (TPSA) is 89.8 Å². The van der Waals surface area contributed by atoms with Gasteiger partial charge in [-0.3, -0.25) is 4.79 Å². The van der Waals surface area contributed by atoms with Gasteiger partial charge in [0.25, 0.3) is 5.91 Å². The molecule has 0 unspecified atom stereocenters. The minimum Gasteiger partial charge on any atom is -0.497 e. The highest BCUT2D eigenvalue weighted by atomic mass is 16.5. The summed E-state index contributed by atoms with van der Waals surface area (Å²) in [6, 6.07) is 14.9. The molecule has 2 aromatic carbocycles. The van der Waals surface area contributed by atoms with E-state index in [0.717, 1.165) is 11.1 Å². The summed E-state index contributed by atoms with van der Waals surface area (Å²) in [5, 5.41) is 8.95. The van der Waals surface area contributed by atoms with Crippen LogP contribution in [0.3, 0.4) is 0 Å². The van der Waals surface area contributed by atoms with E-state index < -0.39 is 11.6 Å². The minimum atomic E-state index is -1.20. The number of carbonyl (C=O) groups excluding carboxylic acids is 1. The molecule has 1 fully saturated rings. The van der Waals surface area contributed by atoms with Gasteiger partial charge in [0, 0.05) is 38.1 Å². The molecule has 1 N–H and O–H groups in total. The molecule has 8 nitrogen and oxygen atoms in total. The fourth-order valence-electron chi connectivity index (χ4n) is 4.36. The van der Waals surface area contributed by atoms with Crippen LogP contribution in [0, 0.1) is 0 Å². The summed E-state index contributed by atoms with van der Waals surface area (Å²) < 4.78 is 23.0. The highest BCUT2D eigenvalue weighted by molar-refractivity contribution is 6.01. The second-order valence-electron chi connectivity index (χ2n) is 8.46. The summed E-state index contributed by atoms with van der Waals surface area (Å²) in [5.74, 6) is 1.65. The van der Waals surface area contributed by atoms with Crippen LogP contribution in [0.25, 0.3) is 0 Å². The van der Waals surface area contributed by atoms with E-state index >= 15 is 0 Å². The van der Waals surface area contributed by atoms with Crippen LogP contribution < -0.4 is 9.47 Å². The first kappa shape index (κ1) is 24.8. The molecule has 1 saturated heterocycles. The molecule has 0 bridgehead atoms. The Morgan fingerprint density at radius 2 is 2.00 bits per heavy atom. The zero-order valence-electron chi connectivity index (χ0n) is 20.0. The number of morpholine rings is 1. The highest BCUT2D eigenvalue weighted by Gasteiger charge is 2.54. The van der Waals surface area contributed by atoms with E-state index in [1.165, 1.54) is 0 Å². The van der Waals surface area contributed by atoms with Crippen molar-refractivity contribution in [1.82, 2.24) is 4.90 Å². The Morgan fingerprint density at radius 1 is 1.23 bits per heavy atom. The van der Waals surface area contributed by atoms with Crippen LogP contribution in [0.1, 0.15) is 30.1 Å². The molecule has 0 radical (unpaired) electrons. The molecular weight excluding hydrogens is 448 g/mol. The van der Waals surface area contributed by atoms with E-state index in [4.69, 9.17) is 29.0 Å². The van der Waals surface area contributed by atoms with Crippen molar-refractivity contribution < 1.29 is 28.8 Å². The highest BCUT2D eigenvalue weighted by Crippen LogP contribution is 2.44. The normalized spacial score (nSPS) is 21.7. The van der Waals surface area contributed by atoms with Crippen molar-refractivity contribution in [2.24, 2.45) is 4.99 Å². The first-order valence-electron chi connectivity index (χ1n) is 11.8. The van der Waals surface area contributed by atoms with Gasteiger partial charge in [0.15, 0.2) is 11.6 Å². The number of benzene rings is 2. The average Bonchev–Trinajstić information content (AvgIpc) is 3.30. The number of amides is 1. The molecular formula is C27H32N2O6. The Morgan fingerprint density at radius 3 is 2.69 bits per heavy atom. The van der Waals surface area contributed by atoms with Gasteiger partial charge in [-0.15, -0.1) is 6.58 Å². The van der Waals surface area contributed by atoms with Gasteiger partial charge < -0.3 is 29.0 Å². The van der Waals surface area contributed by atoms with Crippen LogP contribution in [-0.2, 0) is 14.3 Å². The lowest BCUT2D eigenvalue weighted by Crippen LogP contribution is -2.53. The van der Waals surface area contributed by atoms with Crippen LogP contribution in [0.15, 0.2) is 66.2 Å². The third kappa shape index (κ3) is 5.33. The SMILES string of the molecule is C=CC[C@@]1(C(=O)N2CCOCC2)N=C(c2ccc(OCCCO)cc2)O[C@@H]1c1cccc(OC)c1. The fraction of sp³-hybridized carbons (Fsp3) is 0.407. The zero-order chi connectivity index (χ0) is 24.7. The van der Waals surface area contributed by atoms with Gasteiger partial charge in [-0.05, 0) is 42.0 Å². The maximum Gasteiger partial charge on any atom is 0.255 e. The van der Waals surface area contributed by atoms with Crippen molar-refractivity contribution in [3.8, 4) is 11.5 Å². The van der Waals surface area contributed by atoms with Crippen molar-refractivity contribution in [3.63, 3.8) is 0 Å².